The van der Waals surface area contributed by atoms with Crippen LogP contribution in [-0.4, -0.2) is 19.0 Å². The van der Waals surface area contributed by atoms with E-state index in [-0.39, 0.29) is 5.78 Å². The number of rotatable bonds is 2. The Balaban J connectivity index is 2.53. The van der Waals surface area contributed by atoms with Gasteiger partial charge in [-0.3, -0.25) is 9.79 Å². The molecule has 0 aromatic heterocycles. The van der Waals surface area contributed by atoms with Gasteiger partial charge in [0.15, 0.2) is 0 Å². The summed E-state index contributed by atoms with van der Waals surface area (Å²) in [5.41, 5.74) is -1.33. The molecule has 0 bridgehead atoms. The summed E-state index contributed by atoms with van der Waals surface area (Å²) in [6.07, 6.45) is -0.389. The summed E-state index contributed by atoms with van der Waals surface area (Å²) in [6, 6.07) is 5.03. The van der Waals surface area contributed by atoms with E-state index >= 15 is 0 Å². The van der Waals surface area contributed by atoms with Gasteiger partial charge in [-0.1, -0.05) is 24.6 Å². The Bertz CT molecular complexity index is 536. The van der Waals surface area contributed by atoms with Crippen molar-refractivity contribution in [3.8, 4) is 0 Å². The molecule has 0 N–H and O–H groups in total. The van der Waals surface area contributed by atoms with E-state index < -0.39 is 17.2 Å². The lowest BCUT2D eigenvalue weighted by Gasteiger charge is -2.33. The van der Waals surface area contributed by atoms with E-state index in [1.165, 1.54) is 19.3 Å². The molecule has 1 saturated carbocycles. The monoisotopic (exact) mass is 283 g/mol. The van der Waals surface area contributed by atoms with Crippen LogP contribution < -0.4 is 0 Å². The minimum Gasteiger partial charge on any atom is -0.299 e. The van der Waals surface area contributed by atoms with Crippen molar-refractivity contribution in [3.63, 3.8) is 0 Å². The van der Waals surface area contributed by atoms with Crippen molar-refractivity contribution in [1.29, 1.82) is 0 Å². The fraction of sp³-hybridized carbons (Fsp3) is 0.467. The van der Waals surface area contributed by atoms with Crippen LogP contribution in [0.25, 0.3) is 0 Å². The Hall–Kier alpha value is -1.65. The largest absolute Gasteiger partial charge is 0.416 e. The lowest BCUT2D eigenvalue weighted by atomic mass is 9.69. The first-order valence-corrected chi connectivity index (χ1v) is 6.54. The smallest absolute Gasteiger partial charge is 0.299 e. The summed E-state index contributed by atoms with van der Waals surface area (Å²) >= 11 is 0. The summed E-state index contributed by atoms with van der Waals surface area (Å²) in [7, 11) is 1.54. The van der Waals surface area contributed by atoms with E-state index in [2.05, 4.69) is 4.99 Å². The van der Waals surface area contributed by atoms with Crippen molar-refractivity contribution in [1.82, 2.24) is 0 Å². The third kappa shape index (κ3) is 2.62. The fourth-order valence-corrected chi connectivity index (χ4v) is 2.76. The maximum atomic E-state index is 12.8. The van der Waals surface area contributed by atoms with Gasteiger partial charge in [-0.15, -0.1) is 0 Å². The molecule has 2 nitrogen and oxygen atoms in total. The zero-order chi connectivity index (χ0) is 14.8. The average molecular weight is 283 g/mol. The number of hydrogen-bond donors (Lipinski definition) is 0. The van der Waals surface area contributed by atoms with Crippen LogP contribution in [0.15, 0.2) is 29.3 Å². The molecule has 0 heterocycles. The molecule has 0 aliphatic heterocycles. The molecule has 0 amide bonds. The molecule has 1 fully saturated rings. The lowest BCUT2D eigenvalue weighted by molar-refractivity contribution is -0.137. The third-order valence-electron chi connectivity index (χ3n) is 3.78. The van der Waals surface area contributed by atoms with Gasteiger partial charge >= 0.3 is 6.18 Å². The first-order valence-electron chi connectivity index (χ1n) is 6.54. The van der Waals surface area contributed by atoms with Crippen LogP contribution >= 0.6 is 0 Å². The van der Waals surface area contributed by atoms with Crippen LogP contribution in [0.1, 0.15) is 36.8 Å². The van der Waals surface area contributed by atoms with Crippen LogP contribution in [0, 0.1) is 0 Å². The first-order chi connectivity index (χ1) is 9.40. The van der Waals surface area contributed by atoms with E-state index in [4.69, 9.17) is 0 Å². The van der Waals surface area contributed by atoms with E-state index in [0.717, 1.165) is 25.0 Å². The van der Waals surface area contributed by atoms with Gasteiger partial charge in [0.1, 0.15) is 5.78 Å². The second-order valence-electron chi connectivity index (χ2n) is 5.07. The van der Waals surface area contributed by atoms with Gasteiger partial charge in [-0.25, -0.2) is 0 Å². The Morgan fingerprint density at radius 3 is 2.65 bits per heavy atom. The summed E-state index contributed by atoms with van der Waals surface area (Å²) in [4.78, 5) is 16.2. The van der Waals surface area contributed by atoms with Gasteiger partial charge in [-0.05, 0) is 24.5 Å². The zero-order valence-electron chi connectivity index (χ0n) is 11.2. The highest BCUT2D eigenvalue weighted by Crippen LogP contribution is 2.38. The standard InChI is InChI=1S/C15H16F3NO/c1-19-10-14(8-3-2-7-13(14)20)11-5-4-6-12(9-11)15(16,17)18/h4-6,9-10H,2-3,7-8H2,1H3/b19-10-/t14-/m0/s1. The first kappa shape index (κ1) is 14.8. The van der Waals surface area contributed by atoms with Gasteiger partial charge < -0.3 is 0 Å². The molecule has 1 aliphatic carbocycles. The quantitative estimate of drug-likeness (QED) is 0.759. The molecule has 1 aromatic carbocycles. The second-order valence-corrected chi connectivity index (χ2v) is 5.07. The Labute approximate surface area is 115 Å². The number of alkyl halides is 3. The molecule has 0 saturated heterocycles. The van der Waals surface area contributed by atoms with Gasteiger partial charge in [0.25, 0.3) is 0 Å². The minimum absolute atomic E-state index is 0.0475. The van der Waals surface area contributed by atoms with Crippen LogP contribution in [0.2, 0.25) is 0 Å². The molecule has 108 valence electrons. The van der Waals surface area contributed by atoms with Crippen molar-refractivity contribution >= 4 is 12.0 Å². The highest BCUT2D eigenvalue weighted by atomic mass is 19.4. The average Bonchev–Trinajstić information content (AvgIpc) is 2.41. The van der Waals surface area contributed by atoms with E-state index in [9.17, 15) is 18.0 Å². The van der Waals surface area contributed by atoms with Crippen molar-refractivity contribution in [3.05, 3.63) is 35.4 Å². The van der Waals surface area contributed by atoms with Crippen molar-refractivity contribution < 1.29 is 18.0 Å². The molecular formula is C15H16F3NO. The molecule has 5 heteroatoms. The lowest BCUT2D eigenvalue weighted by Crippen LogP contribution is -2.40. The van der Waals surface area contributed by atoms with E-state index in [1.807, 2.05) is 0 Å². The Morgan fingerprint density at radius 2 is 2.05 bits per heavy atom. The number of benzene rings is 1. The molecule has 1 aliphatic rings. The zero-order valence-corrected chi connectivity index (χ0v) is 11.2. The number of carbonyl (C=O) groups is 1. The molecule has 0 unspecified atom stereocenters. The van der Waals surface area contributed by atoms with Gasteiger partial charge in [0, 0.05) is 19.7 Å². The maximum absolute atomic E-state index is 12.8. The Kier molecular flexibility index (Phi) is 3.97. The van der Waals surface area contributed by atoms with Crippen LogP contribution in [-0.2, 0) is 16.4 Å². The number of carbonyl (C=O) groups excluding carboxylic acids is 1. The van der Waals surface area contributed by atoms with Crippen LogP contribution in [0.5, 0.6) is 0 Å². The molecule has 1 atom stereocenters. The summed E-state index contributed by atoms with van der Waals surface area (Å²) in [5, 5.41) is 0. The predicted octanol–water partition coefficient (Wildman–Crippen LogP) is 3.79. The fourth-order valence-electron chi connectivity index (χ4n) is 2.76. The van der Waals surface area contributed by atoms with Gasteiger partial charge in [0.2, 0.25) is 0 Å². The summed E-state index contributed by atoms with van der Waals surface area (Å²) in [6.45, 7) is 0. The van der Waals surface area contributed by atoms with Crippen LogP contribution in [0.3, 0.4) is 0 Å². The van der Waals surface area contributed by atoms with E-state index in [1.54, 1.807) is 6.07 Å². The molecule has 2 rings (SSSR count). The SMILES string of the molecule is C/N=C\[C@]1(c2cccc(C(F)(F)F)c2)CCCCC1=O. The van der Waals surface area contributed by atoms with Crippen molar-refractivity contribution in [2.24, 2.45) is 4.99 Å². The molecule has 1 aromatic rings. The number of nitrogens with zero attached hydrogens (tertiary/aromatic N) is 1. The number of hydrogen-bond acceptors (Lipinski definition) is 2. The van der Waals surface area contributed by atoms with E-state index in [0.29, 0.717) is 18.4 Å². The molecule has 20 heavy (non-hydrogen) atoms. The second kappa shape index (κ2) is 5.38. The summed E-state index contributed by atoms with van der Waals surface area (Å²) in [5.74, 6) is -0.0475. The highest BCUT2D eigenvalue weighted by Gasteiger charge is 2.41. The number of aliphatic imine (C=N–C) groups is 1. The third-order valence-corrected chi connectivity index (χ3v) is 3.78. The van der Waals surface area contributed by atoms with Crippen molar-refractivity contribution in [2.45, 2.75) is 37.3 Å². The maximum Gasteiger partial charge on any atom is 0.416 e. The Morgan fingerprint density at radius 1 is 1.30 bits per heavy atom. The number of ketones is 1. The normalized spacial score (nSPS) is 24.3. The molecular weight excluding hydrogens is 267 g/mol. The minimum atomic E-state index is -4.40. The highest BCUT2D eigenvalue weighted by molar-refractivity contribution is 6.06. The molecule has 0 radical (unpaired) electrons. The summed E-state index contributed by atoms with van der Waals surface area (Å²) < 4.78 is 38.5. The molecule has 0 spiro atoms. The predicted molar refractivity (Wildman–Crippen MR) is 71.0 cm³/mol. The van der Waals surface area contributed by atoms with Gasteiger partial charge in [-0.2, -0.15) is 13.2 Å². The number of Topliss-reactive ketones (excluding diaryl/α,β-unsaturated/α-hetero) is 1. The van der Waals surface area contributed by atoms with Gasteiger partial charge in [0.05, 0.1) is 11.0 Å². The van der Waals surface area contributed by atoms with Crippen molar-refractivity contribution in [2.75, 3.05) is 7.05 Å². The van der Waals surface area contributed by atoms with Crippen LogP contribution in [0.4, 0.5) is 13.2 Å². The topological polar surface area (TPSA) is 29.4 Å². The number of halogens is 3.